The summed E-state index contributed by atoms with van der Waals surface area (Å²) in [5.74, 6) is -0.0498. The summed E-state index contributed by atoms with van der Waals surface area (Å²) in [5.41, 5.74) is 1.70. The highest BCUT2D eigenvalue weighted by Crippen LogP contribution is 2.27. The van der Waals surface area contributed by atoms with Gasteiger partial charge < -0.3 is 10.6 Å². The number of nitrogens with one attached hydrogen (secondary N) is 2. The molecule has 2 aromatic heterocycles. The number of aromatic nitrogens is 3. The molecule has 2 rings (SSSR count). The Morgan fingerprint density at radius 1 is 1.36 bits per heavy atom. The molecule has 0 saturated carbocycles. The van der Waals surface area contributed by atoms with E-state index in [-0.39, 0.29) is 30.7 Å². The van der Waals surface area contributed by atoms with E-state index in [1.54, 1.807) is 10.9 Å². The molecule has 0 atom stereocenters. The Hall–Kier alpha value is -1.15. The topological polar surface area (TPSA) is 71.8 Å². The van der Waals surface area contributed by atoms with E-state index in [4.69, 9.17) is 0 Å². The Kier molecular flexibility index (Phi) is 9.27. The summed E-state index contributed by atoms with van der Waals surface area (Å²) in [7, 11) is 3.76. The number of aryl methyl sites for hydroxylation is 2. The van der Waals surface area contributed by atoms with Gasteiger partial charge in [0.15, 0.2) is 0 Å². The average molecular weight is 366 g/mol. The van der Waals surface area contributed by atoms with Crippen molar-refractivity contribution < 1.29 is 4.79 Å². The van der Waals surface area contributed by atoms with Crippen LogP contribution in [0.2, 0.25) is 0 Å². The van der Waals surface area contributed by atoms with Gasteiger partial charge in [0, 0.05) is 25.4 Å². The molecular weight excluding hydrogens is 345 g/mol. The fraction of sp³-hybridized carbons (Fsp3) is 0.462. The van der Waals surface area contributed by atoms with E-state index in [0.29, 0.717) is 11.4 Å². The normalized spacial score (nSPS) is 9.77. The maximum absolute atomic E-state index is 12.1. The summed E-state index contributed by atoms with van der Waals surface area (Å²) in [6.45, 7) is 3.42. The van der Waals surface area contributed by atoms with Crippen molar-refractivity contribution >= 4 is 42.1 Å². The van der Waals surface area contributed by atoms with E-state index in [2.05, 4.69) is 20.7 Å². The van der Waals surface area contributed by atoms with E-state index in [0.717, 1.165) is 29.2 Å². The van der Waals surface area contributed by atoms with Crippen molar-refractivity contribution in [3.8, 4) is 10.6 Å². The van der Waals surface area contributed by atoms with Crippen LogP contribution in [0.25, 0.3) is 10.6 Å². The third-order valence-electron chi connectivity index (χ3n) is 2.84. The number of rotatable bonds is 6. The second-order valence-electron chi connectivity index (χ2n) is 4.55. The van der Waals surface area contributed by atoms with Crippen molar-refractivity contribution in [2.75, 3.05) is 20.1 Å². The van der Waals surface area contributed by atoms with Crippen molar-refractivity contribution in [3.63, 3.8) is 0 Å². The van der Waals surface area contributed by atoms with Gasteiger partial charge in [-0.05, 0) is 26.9 Å². The van der Waals surface area contributed by atoms with Crippen LogP contribution >= 0.6 is 36.2 Å². The van der Waals surface area contributed by atoms with Crippen molar-refractivity contribution in [3.05, 3.63) is 23.0 Å². The predicted octanol–water partition coefficient (Wildman–Crippen LogP) is 2.03. The molecule has 0 aliphatic carbocycles. The van der Waals surface area contributed by atoms with Crippen LogP contribution in [0.3, 0.4) is 0 Å². The standard InChI is InChI=1S/C13H19N5OS.2ClH/c1-9-11(12(19)15-6-4-5-14-2)20-13(17-9)10-7-16-18(3)8-10;;/h7-8,14H,4-6H2,1-3H3,(H,15,19);2*1H. The van der Waals surface area contributed by atoms with Crippen LogP contribution in [-0.2, 0) is 7.05 Å². The molecule has 0 fully saturated rings. The highest BCUT2D eigenvalue weighted by molar-refractivity contribution is 7.17. The molecule has 6 nitrogen and oxygen atoms in total. The summed E-state index contributed by atoms with van der Waals surface area (Å²) in [5, 5.41) is 10.9. The Bertz CT molecular complexity index is 599. The van der Waals surface area contributed by atoms with Gasteiger partial charge in [0.1, 0.15) is 9.88 Å². The molecule has 2 N–H and O–H groups in total. The van der Waals surface area contributed by atoms with E-state index >= 15 is 0 Å². The zero-order valence-corrected chi connectivity index (χ0v) is 15.2. The number of halogens is 2. The summed E-state index contributed by atoms with van der Waals surface area (Å²) in [4.78, 5) is 17.2. The minimum atomic E-state index is -0.0498. The number of hydrogen-bond acceptors (Lipinski definition) is 5. The molecule has 2 aromatic rings. The minimum absolute atomic E-state index is 0. The Balaban J connectivity index is 0.00000220. The first-order valence-corrected chi connectivity index (χ1v) is 7.32. The number of hydrogen-bond donors (Lipinski definition) is 2. The number of carbonyl (C=O) groups excluding carboxylic acids is 1. The SMILES string of the molecule is CNCCCNC(=O)c1sc(-c2cnn(C)c2)nc1C.Cl.Cl. The lowest BCUT2D eigenvalue weighted by molar-refractivity contribution is 0.0956. The maximum atomic E-state index is 12.1. The Morgan fingerprint density at radius 3 is 2.68 bits per heavy atom. The first-order valence-electron chi connectivity index (χ1n) is 6.51. The molecule has 0 saturated heterocycles. The van der Waals surface area contributed by atoms with Crippen molar-refractivity contribution in [2.45, 2.75) is 13.3 Å². The Labute approximate surface area is 146 Å². The van der Waals surface area contributed by atoms with Crippen molar-refractivity contribution in [1.29, 1.82) is 0 Å². The van der Waals surface area contributed by atoms with Gasteiger partial charge in [-0.1, -0.05) is 0 Å². The van der Waals surface area contributed by atoms with Crippen molar-refractivity contribution in [2.24, 2.45) is 7.05 Å². The molecule has 1 amide bonds. The summed E-state index contributed by atoms with van der Waals surface area (Å²) in [6.07, 6.45) is 4.56. The lowest BCUT2D eigenvalue weighted by atomic mass is 10.3. The number of carbonyl (C=O) groups is 1. The summed E-state index contributed by atoms with van der Waals surface area (Å²) in [6, 6.07) is 0. The number of amides is 1. The van der Waals surface area contributed by atoms with Crippen LogP contribution in [0, 0.1) is 6.92 Å². The van der Waals surface area contributed by atoms with Crippen molar-refractivity contribution in [1.82, 2.24) is 25.4 Å². The lowest BCUT2D eigenvalue weighted by Gasteiger charge is -2.03. The summed E-state index contributed by atoms with van der Waals surface area (Å²) < 4.78 is 1.73. The van der Waals surface area contributed by atoms with E-state index < -0.39 is 0 Å². The molecule has 9 heteroatoms. The summed E-state index contributed by atoms with van der Waals surface area (Å²) >= 11 is 1.41. The van der Waals surface area contributed by atoms with Crippen LogP contribution in [-0.4, -0.2) is 40.8 Å². The highest BCUT2D eigenvalue weighted by Gasteiger charge is 2.16. The largest absolute Gasteiger partial charge is 0.351 e. The van der Waals surface area contributed by atoms with Crippen LogP contribution in [0.4, 0.5) is 0 Å². The first kappa shape index (κ1) is 20.9. The zero-order chi connectivity index (χ0) is 14.5. The van der Waals surface area contributed by atoms with Gasteiger partial charge in [-0.3, -0.25) is 9.48 Å². The second-order valence-corrected chi connectivity index (χ2v) is 5.55. The van der Waals surface area contributed by atoms with Gasteiger partial charge in [-0.15, -0.1) is 36.2 Å². The number of thiazole rings is 1. The van der Waals surface area contributed by atoms with E-state index in [1.807, 2.05) is 27.2 Å². The second kappa shape index (κ2) is 9.78. The molecule has 0 spiro atoms. The molecule has 0 unspecified atom stereocenters. The molecule has 0 radical (unpaired) electrons. The zero-order valence-electron chi connectivity index (χ0n) is 12.8. The predicted molar refractivity (Wildman–Crippen MR) is 94.4 cm³/mol. The van der Waals surface area contributed by atoms with Crippen LogP contribution < -0.4 is 10.6 Å². The average Bonchev–Trinajstić information content (AvgIpc) is 3.00. The van der Waals surface area contributed by atoms with E-state index in [9.17, 15) is 4.79 Å². The Morgan fingerprint density at radius 2 is 2.09 bits per heavy atom. The third kappa shape index (κ3) is 5.24. The first-order chi connectivity index (χ1) is 9.61. The smallest absolute Gasteiger partial charge is 0.263 e. The molecule has 0 bridgehead atoms. The molecule has 2 heterocycles. The molecule has 0 aliphatic rings. The quantitative estimate of drug-likeness (QED) is 0.768. The lowest BCUT2D eigenvalue weighted by Crippen LogP contribution is -2.26. The fourth-order valence-corrected chi connectivity index (χ4v) is 2.77. The van der Waals surface area contributed by atoms with Gasteiger partial charge in [-0.2, -0.15) is 5.10 Å². The van der Waals surface area contributed by atoms with Crippen LogP contribution in [0.15, 0.2) is 12.4 Å². The highest BCUT2D eigenvalue weighted by atomic mass is 35.5. The maximum Gasteiger partial charge on any atom is 0.263 e. The van der Waals surface area contributed by atoms with Gasteiger partial charge in [0.25, 0.3) is 5.91 Å². The molecule has 0 aliphatic heterocycles. The monoisotopic (exact) mass is 365 g/mol. The number of nitrogens with zero attached hydrogens (tertiary/aromatic N) is 3. The van der Waals surface area contributed by atoms with Gasteiger partial charge in [-0.25, -0.2) is 4.98 Å². The molecular formula is C13H21Cl2N5OS. The molecule has 22 heavy (non-hydrogen) atoms. The van der Waals surface area contributed by atoms with Gasteiger partial charge in [0.05, 0.1) is 11.9 Å². The van der Waals surface area contributed by atoms with Gasteiger partial charge in [0.2, 0.25) is 0 Å². The van der Waals surface area contributed by atoms with E-state index in [1.165, 1.54) is 11.3 Å². The van der Waals surface area contributed by atoms with Crippen LogP contribution in [0.5, 0.6) is 0 Å². The molecule has 124 valence electrons. The molecule has 0 aromatic carbocycles. The minimum Gasteiger partial charge on any atom is -0.351 e. The van der Waals surface area contributed by atoms with Crippen LogP contribution in [0.1, 0.15) is 21.8 Å². The van der Waals surface area contributed by atoms with Gasteiger partial charge >= 0.3 is 0 Å². The fourth-order valence-electron chi connectivity index (χ4n) is 1.81. The third-order valence-corrected chi connectivity index (χ3v) is 4.05.